The third-order valence-electron chi connectivity index (χ3n) is 3.68. The molecule has 2 aliphatic rings. The third-order valence-corrected chi connectivity index (χ3v) is 3.68. The first-order chi connectivity index (χ1) is 10.1. The van der Waals surface area contributed by atoms with Crippen LogP contribution in [0.15, 0.2) is 0 Å². The number of amides is 3. The van der Waals surface area contributed by atoms with E-state index >= 15 is 0 Å². The summed E-state index contributed by atoms with van der Waals surface area (Å²) in [6.45, 7) is 2.76. The fourth-order valence-electron chi connectivity index (χ4n) is 2.39. The molecule has 2 rings (SSSR count). The van der Waals surface area contributed by atoms with Crippen molar-refractivity contribution in [1.82, 2.24) is 14.9 Å². The normalized spacial score (nSPS) is 20.4. The van der Waals surface area contributed by atoms with Crippen LogP contribution in [0.5, 0.6) is 0 Å². The first kappa shape index (κ1) is 15.9. The van der Waals surface area contributed by atoms with Crippen molar-refractivity contribution in [2.24, 2.45) is 0 Å². The standard InChI is InChI=1S/C13H21N3O5/c17-11(14-4-6-15(20)7-5-14)3-9-21-10-8-16-12(18)1-2-13(16)19/h20H,1-10H2. The molecule has 2 heterocycles. The number of nitrogens with zero attached hydrogens (tertiary/aromatic N) is 3. The lowest BCUT2D eigenvalue weighted by atomic mass is 10.3. The van der Waals surface area contributed by atoms with Gasteiger partial charge in [-0.1, -0.05) is 0 Å². The lowest BCUT2D eigenvalue weighted by Gasteiger charge is -2.31. The SMILES string of the molecule is O=C(CCOCCN1C(=O)CCC1=O)N1CCN(O)CC1. The molecule has 0 unspecified atom stereocenters. The van der Waals surface area contributed by atoms with E-state index in [2.05, 4.69) is 0 Å². The number of carbonyl (C=O) groups excluding carboxylic acids is 3. The maximum atomic E-state index is 11.9. The van der Waals surface area contributed by atoms with Crippen molar-refractivity contribution in [3.05, 3.63) is 0 Å². The summed E-state index contributed by atoms with van der Waals surface area (Å²) in [6, 6.07) is 0. The molecule has 0 atom stereocenters. The highest BCUT2D eigenvalue weighted by Crippen LogP contribution is 2.10. The topological polar surface area (TPSA) is 90.4 Å². The predicted octanol–water partition coefficient (Wildman–Crippen LogP) is -0.924. The van der Waals surface area contributed by atoms with E-state index in [4.69, 9.17) is 4.74 Å². The number of ether oxygens (including phenoxy) is 1. The molecule has 0 aromatic rings. The monoisotopic (exact) mass is 299 g/mol. The number of rotatable bonds is 6. The molecule has 1 N–H and O–H groups in total. The van der Waals surface area contributed by atoms with Crippen LogP contribution in [0.2, 0.25) is 0 Å². The van der Waals surface area contributed by atoms with Gasteiger partial charge in [0.2, 0.25) is 17.7 Å². The molecule has 2 aliphatic heterocycles. The van der Waals surface area contributed by atoms with Gasteiger partial charge in [-0.15, -0.1) is 0 Å². The number of carbonyl (C=O) groups is 3. The van der Waals surface area contributed by atoms with E-state index in [1.165, 1.54) is 9.96 Å². The lowest BCUT2D eigenvalue weighted by Crippen LogP contribution is -2.47. The van der Waals surface area contributed by atoms with Crippen LogP contribution in [-0.4, -0.2) is 83.7 Å². The van der Waals surface area contributed by atoms with E-state index < -0.39 is 0 Å². The van der Waals surface area contributed by atoms with Crippen LogP contribution in [0.25, 0.3) is 0 Å². The molecule has 0 aliphatic carbocycles. The van der Waals surface area contributed by atoms with Gasteiger partial charge in [0.1, 0.15) is 0 Å². The van der Waals surface area contributed by atoms with Gasteiger partial charge >= 0.3 is 0 Å². The fourth-order valence-corrected chi connectivity index (χ4v) is 2.39. The number of likely N-dealkylation sites (tertiary alicyclic amines) is 1. The summed E-state index contributed by atoms with van der Waals surface area (Å²) >= 11 is 0. The van der Waals surface area contributed by atoms with Gasteiger partial charge in [-0.2, -0.15) is 5.06 Å². The molecule has 0 aromatic carbocycles. The zero-order valence-electron chi connectivity index (χ0n) is 12.0. The highest BCUT2D eigenvalue weighted by Gasteiger charge is 2.28. The molecule has 8 nitrogen and oxygen atoms in total. The minimum absolute atomic E-state index is 0.00331. The quantitative estimate of drug-likeness (QED) is 0.504. The Labute approximate surface area is 123 Å². The largest absolute Gasteiger partial charge is 0.379 e. The fraction of sp³-hybridized carbons (Fsp3) is 0.769. The predicted molar refractivity (Wildman–Crippen MR) is 71.3 cm³/mol. The average Bonchev–Trinajstić information content (AvgIpc) is 2.79. The Kier molecular flexibility index (Phi) is 5.66. The maximum absolute atomic E-state index is 11.9. The highest BCUT2D eigenvalue weighted by molar-refractivity contribution is 6.01. The summed E-state index contributed by atoms with van der Waals surface area (Å²) in [5, 5.41) is 10.4. The zero-order chi connectivity index (χ0) is 15.2. The van der Waals surface area contributed by atoms with Gasteiger partial charge in [-0.3, -0.25) is 19.3 Å². The summed E-state index contributed by atoms with van der Waals surface area (Å²) in [5.41, 5.74) is 0. The van der Waals surface area contributed by atoms with E-state index in [9.17, 15) is 19.6 Å². The van der Waals surface area contributed by atoms with E-state index in [0.717, 1.165) is 0 Å². The molecule has 0 spiro atoms. The van der Waals surface area contributed by atoms with Crippen molar-refractivity contribution in [3.63, 3.8) is 0 Å². The van der Waals surface area contributed by atoms with Crippen LogP contribution >= 0.6 is 0 Å². The summed E-state index contributed by atoms with van der Waals surface area (Å²) in [5.74, 6) is -0.306. The van der Waals surface area contributed by atoms with Gasteiger partial charge in [0.15, 0.2) is 0 Å². The average molecular weight is 299 g/mol. The van der Waals surface area contributed by atoms with Gasteiger partial charge in [0, 0.05) is 39.0 Å². The van der Waals surface area contributed by atoms with Crippen LogP contribution in [0.3, 0.4) is 0 Å². The molecule has 0 radical (unpaired) electrons. The molecule has 0 saturated carbocycles. The zero-order valence-corrected chi connectivity index (χ0v) is 12.0. The molecular weight excluding hydrogens is 278 g/mol. The second kappa shape index (κ2) is 7.48. The number of imide groups is 1. The van der Waals surface area contributed by atoms with Gasteiger partial charge in [0.05, 0.1) is 26.2 Å². The molecular formula is C13H21N3O5. The Bertz CT molecular complexity index is 391. The Morgan fingerprint density at radius 2 is 1.67 bits per heavy atom. The first-order valence-corrected chi connectivity index (χ1v) is 7.20. The summed E-state index contributed by atoms with van der Waals surface area (Å²) in [4.78, 5) is 37.5. The molecule has 21 heavy (non-hydrogen) atoms. The smallest absolute Gasteiger partial charge is 0.229 e. The highest BCUT2D eigenvalue weighted by atomic mass is 16.5. The minimum atomic E-state index is -0.151. The molecule has 0 bridgehead atoms. The summed E-state index contributed by atoms with van der Waals surface area (Å²) in [7, 11) is 0. The molecule has 3 amide bonds. The van der Waals surface area contributed by atoms with E-state index in [1.807, 2.05) is 0 Å². The third kappa shape index (κ3) is 4.48. The number of hydroxylamine groups is 2. The lowest BCUT2D eigenvalue weighted by molar-refractivity contribution is -0.147. The van der Waals surface area contributed by atoms with Crippen LogP contribution in [0.1, 0.15) is 19.3 Å². The summed E-state index contributed by atoms with van der Waals surface area (Å²) in [6.07, 6.45) is 0.843. The second-order valence-corrected chi connectivity index (χ2v) is 5.14. The van der Waals surface area contributed by atoms with Gasteiger partial charge < -0.3 is 14.8 Å². The van der Waals surface area contributed by atoms with E-state index in [-0.39, 0.29) is 56.7 Å². The van der Waals surface area contributed by atoms with Crippen molar-refractivity contribution in [1.29, 1.82) is 0 Å². The Morgan fingerprint density at radius 1 is 1.05 bits per heavy atom. The maximum Gasteiger partial charge on any atom is 0.229 e. The Morgan fingerprint density at radius 3 is 2.29 bits per heavy atom. The van der Waals surface area contributed by atoms with Crippen LogP contribution in [0, 0.1) is 0 Å². The van der Waals surface area contributed by atoms with Crippen molar-refractivity contribution < 1.29 is 24.3 Å². The van der Waals surface area contributed by atoms with Gasteiger partial charge in [-0.25, -0.2) is 0 Å². The molecule has 0 aromatic heterocycles. The number of hydrogen-bond acceptors (Lipinski definition) is 6. The number of piperazine rings is 1. The summed E-state index contributed by atoms with van der Waals surface area (Å²) < 4.78 is 5.32. The van der Waals surface area contributed by atoms with Crippen molar-refractivity contribution in [2.45, 2.75) is 19.3 Å². The van der Waals surface area contributed by atoms with Gasteiger partial charge in [0.25, 0.3) is 0 Å². The molecule has 8 heteroatoms. The Hall–Kier alpha value is -1.51. The molecule has 2 saturated heterocycles. The minimum Gasteiger partial charge on any atom is -0.379 e. The molecule has 2 fully saturated rings. The van der Waals surface area contributed by atoms with Crippen molar-refractivity contribution in [2.75, 3.05) is 45.9 Å². The van der Waals surface area contributed by atoms with Crippen LogP contribution in [-0.2, 0) is 19.1 Å². The Balaban J connectivity index is 1.56. The van der Waals surface area contributed by atoms with Crippen molar-refractivity contribution >= 4 is 17.7 Å². The van der Waals surface area contributed by atoms with Crippen LogP contribution < -0.4 is 0 Å². The number of hydrogen-bond donors (Lipinski definition) is 1. The van der Waals surface area contributed by atoms with E-state index in [1.54, 1.807) is 4.90 Å². The van der Waals surface area contributed by atoms with Crippen LogP contribution in [0.4, 0.5) is 0 Å². The first-order valence-electron chi connectivity index (χ1n) is 7.20. The van der Waals surface area contributed by atoms with E-state index in [0.29, 0.717) is 26.2 Å². The van der Waals surface area contributed by atoms with Gasteiger partial charge in [-0.05, 0) is 0 Å². The van der Waals surface area contributed by atoms with Crippen molar-refractivity contribution in [3.8, 4) is 0 Å². The molecule has 118 valence electrons. The second-order valence-electron chi connectivity index (χ2n) is 5.14.